The lowest BCUT2D eigenvalue weighted by molar-refractivity contribution is -0.117. The molecule has 1 atom stereocenters. The summed E-state index contributed by atoms with van der Waals surface area (Å²) in [5, 5.41) is 9.49. The normalized spacial score (nSPS) is 12.2. The number of aromatic amines is 1. The summed E-state index contributed by atoms with van der Waals surface area (Å²) >= 11 is 4.75. The van der Waals surface area contributed by atoms with E-state index in [1.165, 1.54) is 0 Å². The number of aryl methyl sites for hydroxylation is 2. The number of nitrogens with zero attached hydrogens (tertiary/aromatic N) is 1. The molecule has 0 bridgehead atoms. The fourth-order valence-electron chi connectivity index (χ4n) is 1.10. The highest BCUT2D eigenvalue weighted by molar-refractivity contribution is 7.80. The highest BCUT2D eigenvalue weighted by Gasteiger charge is 2.18. The van der Waals surface area contributed by atoms with Crippen molar-refractivity contribution in [2.75, 3.05) is 5.32 Å². The van der Waals surface area contributed by atoms with E-state index in [0.717, 1.165) is 11.4 Å². The number of carbonyl (C=O) groups excluding carboxylic acids is 1. The molecular formula is C9H14N4OS. The van der Waals surface area contributed by atoms with Crippen molar-refractivity contribution in [1.29, 1.82) is 0 Å². The molecule has 0 fully saturated rings. The van der Waals surface area contributed by atoms with Crippen LogP contribution in [-0.2, 0) is 4.79 Å². The summed E-state index contributed by atoms with van der Waals surface area (Å²) in [6, 6.07) is 0. The highest BCUT2D eigenvalue weighted by atomic mass is 32.1. The third kappa shape index (κ3) is 2.53. The van der Waals surface area contributed by atoms with Crippen LogP contribution in [0.1, 0.15) is 18.3 Å². The summed E-state index contributed by atoms with van der Waals surface area (Å²) in [7, 11) is 0. The van der Waals surface area contributed by atoms with Crippen LogP contribution in [0.5, 0.6) is 0 Å². The summed E-state index contributed by atoms with van der Waals surface area (Å²) in [5.74, 6) is -0.691. The zero-order valence-corrected chi connectivity index (χ0v) is 9.73. The lowest BCUT2D eigenvalue weighted by atomic mass is 10.1. The van der Waals surface area contributed by atoms with Gasteiger partial charge in [0.05, 0.1) is 28.0 Å². The second-order valence-corrected chi connectivity index (χ2v) is 3.89. The number of carbonyl (C=O) groups is 1. The molecule has 6 heteroatoms. The number of rotatable bonds is 3. The maximum absolute atomic E-state index is 11.6. The molecule has 82 valence electrons. The monoisotopic (exact) mass is 226 g/mol. The average Bonchev–Trinajstić information content (AvgIpc) is 2.47. The summed E-state index contributed by atoms with van der Waals surface area (Å²) < 4.78 is 0. The first-order valence-electron chi connectivity index (χ1n) is 4.55. The van der Waals surface area contributed by atoms with Crippen molar-refractivity contribution < 1.29 is 4.79 Å². The number of thiocarbonyl (C=S) groups is 1. The van der Waals surface area contributed by atoms with Crippen molar-refractivity contribution >= 4 is 28.8 Å². The Labute approximate surface area is 93.4 Å². The van der Waals surface area contributed by atoms with Crippen LogP contribution >= 0.6 is 12.2 Å². The average molecular weight is 226 g/mol. The minimum atomic E-state index is -0.478. The molecule has 0 aliphatic heterocycles. The fourth-order valence-corrected chi connectivity index (χ4v) is 1.20. The van der Waals surface area contributed by atoms with Crippen LogP contribution in [0.4, 0.5) is 5.69 Å². The van der Waals surface area contributed by atoms with Gasteiger partial charge < -0.3 is 11.1 Å². The zero-order chi connectivity index (χ0) is 11.6. The van der Waals surface area contributed by atoms with E-state index in [4.69, 9.17) is 18.0 Å². The van der Waals surface area contributed by atoms with Crippen LogP contribution in [-0.4, -0.2) is 21.1 Å². The molecule has 4 N–H and O–H groups in total. The van der Waals surface area contributed by atoms with E-state index in [-0.39, 0.29) is 10.9 Å². The third-order valence-corrected chi connectivity index (χ3v) is 2.55. The molecule has 15 heavy (non-hydrogen) atoms. The first-order valence-corrected chi connectivity index (χ1v) is 4.96. The summed E-state index contributed by atoms with van der Waals surface area (Å²) in [6.45, 7) is 5.31. The first-order chi connectivity index (χ1) is 6.93. The van der Waals surface area contributed by atoms with Gasteiger partial charge in [-0.2, -0.15) is 5.10 Å². The number of nitrogens with two attached hydrogens (primary N) is 1. The van der Waals surface area contributed by atoms with Crippen LogP contribution in [0, 0.1) is 19.8 Å². The van der Waals surface area contributed by atoms with E-state index in [2.05, 4.69) is 15.5 Å². The zero-order valence-electron chi connectivity index (χ0n) is 8.92. The number of amides is 1. The molecule has 1 aromatic rings. The molecule has 1 amide bonds. The Balaban J connectivity index is 2.79. The molecule has 1 rings (SSSR count). The first kappa shape index (κ1) is 11.6. The standard InChI is InChI=1S/C9H14N4OS/c1-4(8(10)15)9(14)11-7-5(2)12-13-6(7)3/h4H,1-3H3,(H2,10,15)(H,11,14)(H,12,13). The molecule has 0 saturated heterocycles. The second kappa shape index (κ2) is 4.39. The summed E-state index contributed by atoms with van der Waals surface area (Å²) in [6.07, 6.45) is 0. The van der Waals surface area contributed by atoms with Crippen molar-refractivity contribution in [1.82, 2.24) is 10.2 Å². The number of aromatic nitrogens is 2. The Morgan fingerprint density at radius 3 is 2.60 bits per heavy atom. The third-order valence-electron chi connectivity index (χ3n) is 2.20. The topological polar surface area (TPSA) is 83.8 Å². The quantitative estimate of drug-likeness (QED) is 0.668. The Hall–Kier alpha value is -1.43. The number of hydrogen-bond acceptors (Lipinski definition) is 3. The van der Waals surface area contributed by atoms with Crippen LogP contribution in [0.3, 0.4) is 0 Å². The van der Waals surface area contributed by atoms with E-state index in [0.29, 0.717) is 5.69 Å². The van der Waals surface area contributed by atoms with Gasteiger partial charge in [0.25, 0.3) is 0 Å². The Morgan fingerprint density at radius 1 is 1.60 bits per heavy atom. The molecule has 0 saturated carbocycles. The van der Waals surface area contributed by atoms with Crippen molar-refractivity contribution in [2.24, 2.45) is 11.7 Å². The Kier molecular flexibility index (Phi) is 3.41. The van der Waals surface area contributed by atoms with Gasteiger partial charge in [0.1, 0.15) is 0 Å². The van der Waals surface area contributed by atoms with Crippen LogP contribution in [0.2, 0.25) is 0 Å². The maximum atomic E-state index is 11.6. The number of H-pyrrole nitrogens is 1. The predicted octanol–water partition coefficient (Wildman–Crippen LogP) is 0.887. The lowest BCUT2D eigenvalue weighted by Gasteiger charge is -2.10. The smallest absolute Gasteiger partial charge is 0.234 e. The SMILES string of the molecule is Cc1n[nH]c(C)c1NC(=O)C(C)C(N)=S. The van der Waals surface area contributed by atoms with Gasteiger partial charge >= 0.3 is 0 Å². The van der Waals surface area contributed by atoms with Crippen molar-refractivity contribution in [3.8, 4) is 0 Å². The molecule has 5 nitrogen and oxygen atoms in total. The second-order valence-electron chi connectivity index (χ2n) is 3.42. The van der Waals surface area contributed by atoms with E-state index in [9.17, 15) is 4.79 Å². The van der Waals surface area contributed by atoms with E-state index in [1.54, 1.807) is 6.92 Å². The van der Waals surface area contributed by atoms with Crippen LogP contribution in [0.15, 0.2) is 0 Å². The lowest BCUT2D eigenvalue weighted by Crippen LogP contribution is -2.31. The largest absolute Gasteiger partial charge is 0.393 e. The van der Waals surface area contributed by atoms with Gasteiger partial charge in [-0.3, -0.25) is 9.89 Å². The van der Waals surface area contributed by atoms with Gasteiger partial charge in [-0.25, -0.2) is 0 Å². The molecule has 0 spiro atoms. The number of nitrogens with one attached hydrogen (secondary N) is 2. The van der Waals surface area contributed by atoms with Gasteiger partial charge in [-0.1, -0.05) is 12.2 Å². The van der Waals surface area contributed by atoms with Crippen molar-refractivity contribution in [3.63, 3.8) is 0 Å². The van der Waals surface area contributed by atoms with Gasteiger partial charge in [-0.05, 0) is 20.8 Å². The Bertz CT molecular complexity index is 379. The van der Waals surface area contributed by atoms with Gasteiger partial charge in [0.15, 0.2) is 0 Å². The molecule has 0 aromatic carbocycles. The molecular weight excluding hydrogens is 212 g/mol. The highest BCUT2D eigenvalue weighted by Crippen LogP contribution is 2.16. The number of anilines is 1. The van der Waals surface area contributed by atoms with E-state index in [1.807, 2.05) is 13.8 Å². The van der Waals surface area contributed by atoms with Crippen molar-refractivity contribution in [2.45, 2.75) is 20.8 Å². The predicted molar refractivity (Wildman–Crippen MR) is 62.6 cm³/mol. The summed E-state index contributed by atoms with van der Waals surface area (Å²) in [5.41, 5.74) is 7.65. The minimum absolute atomic E-state index is 0.186. The van der Waals surface area contributed by atoms with Gasteiger partial charge in [0.2, 0.25) is 5.91 Å². The van der Waals surface area contributed by atoms with Crippen LogP contribution in [0.25, 0.3) is 0 Å². The molecule has 0 aliphatic carbocycles. The number of hydrogen-bond donors (Lipinski definition) is 3. The van der Waals surface area contributed by atoms with Gasteiger partial charge in [-0.15, -0.1) is 0 Å². The molecule has 1 aromatic heterocycles. The van der Waals surface area contributed by atoms with Crippen molar-refractivity contribution in [3.05, 3.63) is 11.4 Å². The summed E-state index contributed by atoms with van der Waals surface area (Å²) in [4.78, 5) is 11.8. The molecule has 0 aliphatic rings. The molecule has 1 unspecified atom stereocenters. The van der Waals surface area contributed by atoms with E-state index < -0.39 is 5.92 Å². The Morgan fingerprint density at radius 2 is 2.20 bits per heavy atom. The van der Waals surface area contributed by atoms with Gasteiger partial charge in [0, 0.05) is 0 Å². The molecule has 0 radical (unpaired) electrons. The maximum Gasteiger partial charge on any atom is 0.234 e. The van der Waals surface area contributed by atoms with Crippen LogP contribution < -0.4 is 11.1 Å². The molecule has 1 heterocycles. The fraction of sp³-hybridized carbons (Fsp3) is 0.444. The van der Waals surface area contributed by atoms with E-state index >= 15 is 0 Å². The minimum Gasteiger partial charge on any atom is -0.393 e.